The fraction of sp³-hybridized carbons (Fsp3) is 0.333. The van der Waals surface area contributed by atoms with E-state index in [2.05, 4.69) is 5.32 Å². The van der Waals surface area contributed by atoms with E-state index in [0.717, 1.165) is 34.5 Å². The molecule has 3 aromatic rings. The SMILES string of the molecule is CCCCNC(=O)[C@@H](Cc1ccccc1)N(Cc1ccccc1)C(=O)CN(c1cc(Cl)ccc1OC)S(C)(=O)=O. The highest BCUT2D eigenvalue weighted by Crippen LogP contribution is 2.33. The molecule has 0 spiro atoms. The molecule has 40 heavy (non-hydrogen) atoms. The first-order chi connectivity index (χ1) is 19.1. The molecule has 3 rings (SSSR count). The van der Waals surface area contributed by atoms with Gasteiger partial charge in [-0.3, -0.25) is 13.9 Å². The van der Waals surface area contributed by atoms with E-state index in [1.165, 1.54) is 18.1 Å². The number of carbonyl (C=O) groups excluding carboxylic acids is 2. The quantitative estimate of drug-likeness (QED) is 0.277. The van der Waals surface area contributed by atoms with Crippen molar-refractivity contribution in [2.45, 2.75) is 38.8 Å². The molecule has 0 aliphatic rings. The summed E-state index contributed by atoms with van der Waals surface area (Å²) in [5.74, 6) is -0.592. The van der Waals surface area contributed by atoms with E-state index in [0.29, 0.717) is 6.54 Å². The molecule has 0 heterocycles. The van der Waals surface area contributed by atoms with Gasteiger partial charge in [0.2, 0.25) is 21.8 Å². The van der Waals surface area contributed by atoms with Crippen LogP contribution >= 0.6 is 11.6 Å². The van der Waals surface area contributed by atoms with Crippen molar-refractivity contribution in [3.8, 4) is 5.75 Å². The Kier molecular flexibility index (Phi) is 11.4. The smallest absolute Gasteiger partial charge is 0.244 e. The van der Waals surface area contributed by atoms with Crippen LogP contribution in [0.1, 0.15) is 30.9 Å². The number of unbranched alkanes of at least 4 members (excludes halogenated alkanes) is 1. The van der Waals surface area contributed by atoms with E-state index in [4.69, 9.17) is 16.3 Å². The van der Waals surface area contributed by atoms with Gasteiger partial charge >= 0.3 is 0 Å². The van der Waals surface area contributed by atoms with Gasteiger partial charge in [-0.25, -0.2) is 8.42 Å². The number of carbonyl (C=O) groups is 2. The summed E-state index contributed by atoms with van der Waals surface area (Å²) in [4.78, 5) is 29.1. The summed E-state index contributed by atoms with van der Waals surface area (Å²) in [6.45, 7) is 2.07. The molecule has 0 aliphatic heterocycles. The standard InChI is InChI=1S/C30H36ClN3O5S/c1-4-5-18-32-30(36)27(19-23-12-8-6-9-13-23)33(21-24-14-10-7-11-15-24)29(35)22-34(40(3,37)38)26-20-25(31)16-17-28(26)39-2/h6-17,20,27H,4-5,18-19,21-22H2,1-3H3,(H,32,36)/t27-/m1/s1. The number of nitrogens with zero attached hydrogens (tertiary/aromatic N) is 2. The van der Waals surface area contributed by atoms with E-state index < -0.39 is 28.5 Å². The number of benzene rings is 3. The van der Waals surface area contributed by atoms with E-state index in [1.807, 2.05) is 67.6 Å². The summed E-state index contributed by atoms with van der Waals surface area (Å²) in [6.07, 6.45) is 2.98. The largest absolute Gasteiger partial charge is 0.495 e. The Bertz CT molecular complexity index is 1370. The van der Waals surface area contributed by atoms with E-state index in [1.54, 1.807) is 12.1 Å². The Hall–Kier alpha value is -3.56. The van der Waals surface area contributed by atoms with Crippen LogP contribution in [0.3, 0.4) is 0 Å². The van der Waals surface area contributed by atoms with Crippen molar-refractivity contribution >= 4 is 39.1 Å². The number of hydrogen-bond acceptors (Lipinski definition) is 5. The Labute approximate surface area is 241 Å². The van der Waals surface area contributed by atoms with Crippen LogP contribution in [0.5, 0.6) is 5.75 Å². The lowest BCUT2D eigenvalue weighted by Gasteiger charge is -2.33. The summed E-state index contributed by atoms with van der Waals surface area (Å²) in [5, 5.41) is 3.25. The number of sulfonamides is 1. The lowest BCUT2D eigenvalue weighted by Crippen LogP contribution is -2.53. The molecule has 0 aliphatic carbocycles. The lowest BCUT2D eigenvalue weighted by atomic mass is 10.0. The van der Waals surface area contributed by atoms with Gasteiger partial charge in [0.25, 0.3) is 0 Å². The molecule has 2 amide bonds. The molecule has 3 aromatic carbocycles. The molecular formula is C30H36ClN3O5S. The molecule has 0 bridgehead atoms. The van der Waals surface area contributed by atoms with Gasteiger partial charge in [-0.2, -0.15) is 0 Å². The summed E-state index contributed by atoms with van der Waals surface area (Å²) >= 11 is 6.19. The molecule has 0 saturated heterocycles. The molecule has 0 radical (unpaired) electrons. The summed E-state index contributed by atoms with van der Waals surface area (Å²) in [6, 6.07) is 22.4. The van der Waals surface area contributed by atoms with Gasteiger partial charge < -0.3 is 15.0 Å². The number of halogens is 1. The zero-order valence-corrected chi connectivity index (χ0v) is 24.6. The Morgan fingerprint density at radius 2 is 1.60 bits per heavy atom. The van der Waals surface area contributed by atoms with Gasteiger partial charge in [0, 0.05) is 24.5 Å². The number of hydrogen-bond donors (Lipinski definition) is 1. The number of anilines is 1. The van der Waals surface area contributed by atoms with Crippen molar-refractivity contribution in [3.63, 3.8) is 0 Å². The van der Waals surface area contributed by atoms with Crippen molar-refractivity contribution in [2.75, 3.05) is 30.8 Å². The van der Waals surface area contributed by atoms with Crippen LogP contribution in [-0.2, 0) is 32.6 Å². The van der Waals surface area contributed by atoms with Crippen molar-refractivity contribution in [1.82, 2.24) is 10.2 Å². The van der Waals surface area contributed by atoms with Crippen LogP contribution in [0.15, 0.2) is 78.9 Å². The maximum Gasteiger partial charge on any atom is 0.244 e. The normalized spacial score (nSPS) is 11.9. The van der Waals surface area contributed by atoms with Crippen molar-refractivity contribution < 1.29 is 22.7 Å². The molecule has 10 heteroatoms. The van der Waals surface area contributed by atoms with Gasteiger partial charge in [0.15, 0.2) is 0 Å². The van der Waals surface area contributed by atoms with Crippen LogP contribution in [0.25, 0.3) is 0 Å². The lowest BCUT2D eigenvalue weighted by molar-refractivity contribution is -0.140. The fourth-order valence-electron chi connectivity index (χ4n) is 4.29. The first-order valence-electron chi connectivity index (χ1n) is 13.1. The van der Waals surface area contributed by atoms with Crippen LogP contribution in [0.2, 0.25) is 5.02 Å². The minimum Gasteiger partial charge on any atom is -0.495 e. The minimum atomic E-state index is -3.94. The number of nitrogens with one attached hydrogen (secondary N) is 1. The van der Waals surface area contributed by atoms with Gasteiger partial charge in [-0.1, -0.05) is 85.6 Å². The highest BCUT2D eigenvalue weighted by molar-refractivity contribution is 7.92. The van der Waals surface area contributed by atoms with Crippen LogP contribution in [-0.4, -0.2) is 57.6 Å². The second kappa shape index (κ2) is 14.7. The Balaban J connectivity index is 2.05. The van der Waals surface area contributed by atoms with Crippen molar-refractivity contribution in [1.29, 1.82) is 0 Å². The predicted octanol–water partition coefficient (Wildman–Crippen LogP) is 4.67. The summed E-state index contributed by atoms with van der Waals surface area (Å²) in [7, 11) is -2.53. The molecule has 8 nitrogen and oxygen atoms in total. The molecule has 0 fully saturated rings. The van der Waals surface area contributed by atoms with E-state index in [9.17, 15) is 18.0 Å². The van der Waals surface area contributed by atoms with Gasteiger partial charge in [-0.15, -0.1) is 0 Å². The zero-order valence-electron chi connectivity index (χ0n) is 23.0. The molecule has 214 valence electrons. The van der Waals surface area contributed by atoms with Crippen molar-refractivity contribution in [3.05, 3.63) is 95.0 Å². The number of methoxy groups -OCH3 is 1. The third kappa shape index (κ3) is 8.72. The summed E-state index contributed by atoms with van der Waals surface area (Å²) in [5.41, 5.74) is 1.82. The Morgan fingerprint density at radius 3 is 2.17 bits per heavy atom. The molecule has 1 N–H and O–H groups in total. The topological polar surface area (TPSA) is 96.0 Å². The molecule has 0 saturated carbocycles. The van der Waals surface area contributed by atoms with Crippen LogP contribution in [0.4, 0.5) is 5.69 Å². The third-order valence-electron chi connectivity index (χ3n) is 6.39. The first-order valence-corrected chi connectivity index (χ1v) is 15.3. The Morgan fingerprint density at radius 1 is 0.975 bits per heavy atom. The number of rotatable bonds is 14. The number of amides is 2. The van der Waals surface area contributed by atoms with Gasteiger partial charge in [-0.05, 0) is 35.7 Å². The second-order valence-corrected chi connectivity index (χ2v) is 11.8. The maximum atomic E-state index is 14.1. The van der Waals surface area contributed by atoms with E-state index in [-0.39, 0.29) is 35.3 Å². The van der Waals surface area contributed by atoms with Gasteiger partial charge in [0.1, 0.15) is 18.3 Å². The first kappa shape index (κ1) is 31.0. The van der Waals surface area contributed by atoms with Gasteiger partial charge in [0.05, 0.1) is 19.1 Å². The zero-order chi connectivity index (χ0) is 29.1. The molecular weight excluding hydrogens is 550 g/mol. The average Bonchev–Trinajstić information content (AvgIpc) is 2.94. The highest BCUT2D eigenvalue weighted by atomic mass is 35.5. The van der Waals surface area contributed by atoms with E-state index >= 15 is 0 Å². The minimum absolute atomic E-state index is 0.114. The molecule has 0 unspecified atom stereocenters. The monoisotopic (exact) mass is 585 g/mol. The fourth-order valence-corrected chi connectivity index (χ4v) is 5.30. The van der Waals surface area contributed by atoms with Crippen LogP contribution in [0, 0.1) is 0 Å². The number of ether oxygens (including phenoxy) is 1. The van der Waals surface area contributed by atoms with Crippen molar-refractivity contribution in [2.24, 2.45) is 0 Å². The highest BCUT2D eigenvalue weighted by Gasteiger charge is 2.33. The second-order valence-electron chi connectivity index (χ2n) is 9.44. The summed E-state index contributed by atoms with van der Waals surface area (Å²) < 4.78 is 32.3. The van der Waals surface area contributed by atoms with Crippen LogP contribution < -0.4 is 14.4 Å². The maximum absolute atomic E-state index is 14.1. The average molecular weight is 586 g/mol. The predicted molar refractivity (Wildman–Crippen MR) is 159 cm³/mol. The third-order valence-corrected chi connectivity index (χ3v) is 7.75. The molecule has 1 atom stereocenters. The molecule has 0 aromatic heterocycles.